The van der Waals surface area contributed by atoms with Crippen LogP contribution in [0.15, 0.2) is 50.9 Å². The van der Waals surface area contributed by atoms with Crippen molar-refractivity contribution in [3.05, 3.63) is 52.1 Å². The molecule has 0 aliphatic carbocycles. The summed E-state index contributed by atoms with van der Waals surface area (Å²) in [6.45, 7) is 6.27. The van der Waals surface area contributed by atoms with E-state index in [-0.39, 0.29) is 0 Å². The van der Waals surface area contributed by atoms with Gasteiger partial charge in [-0.3, -0.25) is 0 Å². The van der Waals surface area contributed by atoms with Gasteiger partial charge < -0.3 is 5.32 Å². The molecule has 0 aliphatic rings. The third-order valence-electron chi connectivity index (χ3n) is 2.89. The Morgan fingerprint density at radius 2 is 2.15 bits per heavy atom. The summed E-state index contributed by atoms with van der Waals surface area (Å²) < 4.78 is 1.04. The molecule has 20 heavy (non-hydrogen) atoms. The molecule has 4 heteroatoms. The number of benzene rings is 1. The highest BCUT2D eigenvalue weighted by Gasteiger charge is 2.08. The molecule has 0 bridgehead atoms. The van der Waals surface area contributed by atoms with E-state index < -0.39 is 0 Å². The van der Waals surface area contributed by atoms with Crippen LogP contribution >= 0.6 is 27.7 Å². The smallest absolute Gasteiger partial charge is 0.115 e. The summed E-state index contributed by atoms with van der Waals surface area (Å²) in [4.78, 5) is 5.69. The van der Waals surface area contributed by atoms with Crippen molar-refractivity contribution in [1.82, 2.24) is 10.3 Å². The van der Waals surface area contributed by atoms with E-state index in [1.807, 2.05) is 18.3 Å². The summed E-state index contributed by atoms with van der Waals surface area (Å²) in [5.41, 5.74) is 2.63. The molecule has 0 saturated heterocycles. The van der Waals surface area contributed by atoms with Crippen LogP contribution in [0.5, 0.6) is 0 Å². The van der Waals surface area contributed by atoms with Crippen LogP contribution in [0.2, 0.25) is 0 Å². The Hall–Kier alpha value is -0.840. The molecule has 0 spiro atoms. The van der Waals surface area contributed by atoms with Gasteiger partial charge in [-0.2, -0.15) is 0 Å². The number of halogens is 1. The Morgan fingerprint density at radius 1 is 1.30 bits per heavy atom. The number of aromatic nitrogens is 1. The number of nitrogens with one attached hydrogen (secondary N) is 1. The van der Waals surface area contributed by atoms with E-state index >= 15 is 0 Å². The average Bonchev–Trinajstić information content (AvgIpc) is 2.44. The van der Waals surface area contributed by atoms with Crippen LogP contribution in [0.4, 0.5) is 0 Å². The van der Waals surface area contributed by atoms with Crippen molar-refractivity contribution in [2.75, 3.05) is 6.54 Å². The zero-order valence-corrected chi connectivity index (χ0v) is 14.2. The number of nitrogens with zero attached hydrogens (tertiary/aromatic N) is 1. The van der Waals surface area contributed by atoms with Crippen molar-refractivity contribution in [2.24, 2.45) is 0 Å². The third kappa shape index (κ3) is 4.33. The standard InChI is InChI=1S/C16H19BrN2S/c1-3-8-18-11-13-10-12(2)6-7-15(13)20-16-14(17)5-4-9-19-16/h4-7,9-10,18H,3,8,11H2,1-2H3. The van der Waals surface area contributed by atoms with E-state index in [0.29, 0.717) is 0 Å². The Labute approximate surface area is 133 Å². The second-order valence-corrected chi connectivity index (χ2v) is 6.57. The molecule has 106 valence electrons. The predicted molar refractivity (Wildman–Crippen MR) is 89.2 cm³/mol. The van der Waals surface area contributed by atoms with Crippen LogP contribution in [-0.4, -0.2) is 11.5 Å². The summed E-state index contributed by atoms with van der Waals surface area (Å²) in [5.74, 6) is 0. The summed E-state index contributed by atoms with van der Waals surface area (Å²) in [5, 5.41) is 4.48. The van der Waals surface area contributed by atoms with Crippen LogP contribution in [0.25, 0.3) is 0 Å². The number of pyridine rings is 1. The molecule has 0 amide bonds. The minimum atomic E-state index is 0.905. The van der Waals surface area contributed by atoms with Crippen LogP contribution in [0.3, 0.4) is 0 Å². The summed E-state index contributed by atoms with van der Waals surface area (Å²) in [6.07, 6.45) is 2.98. The fourth-order valence-corrected chi connectivity index (χ4v) is 3.28. The molecule has 2 rings (SSSR count). The lowest BCUT2D eigenvalue weighted by Gasteiger charge is -2.11. The van der Waals surface area contributed by atoms with Gasteiger partial charge in [-0.15, -0.1) is 0 Å². The van der Waals surface area contributed by atoms with E-state index in [1.54, 1.807) is 11.8 Å². The first-order chi connectivity index (χ1) is 9.70. The second kappa shape index (κ2) is 7.81. The highest BCUT2D eigenvalue weighted by molar-refractivity contribution is 9.10. The van der Waals surface area contributed by atoms with Crippen molar-refractivity contribution in [3.8, 4) is 0 Å². The number of hydrogen-bond donors (Lipinski definition) is 1. The summed E-state index contributed by atoms with van der Waals surface area (Å²) in [7, 11) is 0. The molecule has 2 nitrogen and oxygen atoms in total. The highest BCUT2D eigenvalue weighted by Crippen LogP contribution is 2.33. The molecular weight excluding hydrogens is 332 g/mol. The monoisotopic (exact) mass is 350 g/mol. The molecule has 0 radical (unpaired) electrons. The SMILES string of the molecule is CCCNCc1cc(C)ccc1Sc1ncccc1Br. The molecule has 1 N–H and O–H groups in total. The topological polar surface area (TPSA) is 24.9 Å². The highest BCUT2D eigenvalue weighted by atomic mass is 79.9. The molecule has 1 aromatic carbocycles. The zero-order valence-electron chi connectivity index (χ0n) is 11.8. The maximum absolute atomic E-state index is 4.43. The minimum absolute atomic E-state index is 0.905. The third-order valence-corrected chi connectivity index (χ3v) is 4.93. The minimum Gasteiger partial charge on any atom is -0.313 e. The number of hydrogen-bond acceptors (Lipinski definition) is 3. The summed E-state index contributed by atoms with van der Waals surface area (Å²) in [6, 6.07) is 10.6. The lowest BCUT2D eigenvalue weighted by atomic mass is 10.1. The average molecular weight is 351 g/mol. The van der Waals surface area contributed by atoms with E-state index in [4.69, 9.17) is 0 Å². The molecule has 0 aliphatic heterocycles. The van der Waals surface area contributed by atoms with Gasteiger partial charge in [0.05, 0.1) is 4.47 Å². The maximum Gasteiger partial charge on any atom is 0.115 e. The van der Waals surface area contributed by atoms with Gasteiger partial charge in [0.2, 0.25) is 0 Å². The van der Waals surface area contributed by atoms with E-state index in [1.165, 1.54) is 16.0 Å². The molecule has 0 unspecified atom stereocenters. The molecule has 0 saturated carbocycles. The number of aryl methyl sites for hydroxylation is 1. The van der Waals surface area contributed by atoms with Gasteiger partial charge in [0, 0.05) is 17.6 Å². The Bertz CT molecular complexity index is 572. The van der Waals surface area contributed by atoms with Gasteiger partial charge in [0.25, 0.3) is 0 Å². The molecule has 1 heterocycles. The van der Waals surface area contributed by atoms with Crippen LogP contribution in [-0.2, 0) is 6.54 Å². The van der Waals surface area contributed by atoms with Crippen LogP contribution in [0, 0.1) is 6.92 Å². The van der Waals surface area contributed by atoms with Gasteiger partial charge >= 0.3 is 0 Å². The number of rotatable bonds is 6. The van der Waals surface area contributed by atoms with Crippen LogP contribution in [0.1, 0.15) is 24.5 Å². The summed E-state index contributed by atoms with van der Waals surface area (Å²) >= 11 is 5.27. The van der Waals surface area contributed by atoms with Crippen molar-refractivity contribution >= 4 is 27.7 Å². The molecule has 0 fully saturated rings. The van der Waals surface area contributed by atoms with Gasteiger partial charge in [-0.05, 0) is 59.6 Å². The normalized spacial score (nSPS) is 10.8. The first-order valence-electron chi connectivity index (χ1n) is 6.79. The Balaban J connectivity index is 2.20. The molecular formula is C16H19BrN2S. The van der Waals surface area contributed by atoms with E-state index in [9.17, 15) is 0 Å². The molecule has 2 aromatic rings. The van der Waals surface area contributed by atoms with Gasteiger partial charge in [-0.25, -0.2) is 4.98 Å². The van der Waals surface area contributed by atoms with Gasteiger partial charge in [-0.1, -0.05) is 36.4 Å². The quantitative estimate of drug-likeness (QED) is 0.757. The fraction of sp³-hybridized carbons (Fsp3) is 0.312. The largest absolute Gasteiger partial charge is 0.313 e. The first kappa shape index (κ1) is 15.5. The predicted octanol–water partition coefficient (Wildman–Crippen LogP) is 4.80. The second-order valence-electron chi connectivity index (χ2n) is 4.68. The van der Waals surface area contributed by atoms with E-state index in [2.05, 4.69) is 58.3 Å². The van der Waals surface area contributed by atoms with Gasteiger partial charge in [0.15, 0.2) is 0 Å². The van der Waals surface area contributed by atoms with Crippen molar-refractivity contribution in [1.29, 1.82) is 0 Å². The lowest BCUT2D eigenvalue weighted by Crippen LogP contribution is -2.14. The van der Waals surface area contributed by atoms with Crippen molar-refractivity contribution < 1.29 is 0 Å². The van der Waals surface area contributed by atoms with Crippen molar-refractivity contribution in [2.45, 2.75) is 36.7 Å². The zero-order chi connectivity index (χ0) is 14.4. The van der Waals surface area contributed by atoms with E-state index in [0.717, 1.165) is 29.0 Å². The Morgan fingerprint density at radius 3 is 2.90 bits per heavy atom. The van der Waals surface area contributed by atoms with Crippen LogP contribution < -0.4 is 5.32 Å². The fourth-order valence-electron chi connectivity index (χ4n) is 1.90. The molecule has 1 aromatic heterocycles. The first-order valence-corrected chi connectivity index (χ1v) is 8.40. The van der Waals surface area contributed by atoms with Gasteiger partial charge in [0.1, 0.15) is 5.03 Å². The lowest BCUT2D eigenvalue weighted by molar-refractivity contribution is 0.669. The van der Waals surface area contributed by atoms with Crippen molar-refractivity contribution in [3.63, 3.8) is 0 Å². The maximum atomic E-state index is 4.43. The molecule has 0 atom stereocenters. The Kier molecular flexibility index (Phi) is 6.07.